The van der Waals surface area contributed by atoms with Crippen molar-refractivity contribution in [3.63, 3.8) is 0 Å². The zero-order chi connectivity index (χ0) is 30.7. The summed E-state index contributed by atoms with van der Waals surface area (Å²) in [5, 5.41) is 0. The molecule has 1 spiro atoms. The number of likely N-dealkylation sites (tertiary alicyclic amines) is 1. The van der Waals surface area contributed by atoms with Crippen LogP contribution >= 0.6 is 0 Å². The Hall–Kier alpha value is -3.97. The van der Waals surface area contributed by atoms with Crippen LogP contribution in [0.15, 0.2) is 48.7 Å². The smallest absolute Gasteiger partial charge is 0.416 e. The number of rotatable bonds is 5. The summed E-state index contributed by atoms with van der Waals surface area (Å²) in [6, 6.07) is 8.40. The highest BCUT2D eigenvalue weighted by molar-refractivity contribution is 5.94. The molecule has 5 atom stereocenters. The molecule has 2 aromatic rings. The highest BCUT2D eigenvalue weighted by Crippen LogP contribution is 2.64. The van der Waals surface area contributed by atoms with Gasteiger partial charge in [0.2, 0.25) is 0 Å². The quantitative estimate of drug-likeness (QED) is 0.284. The van der Waals surface area contributed by atoms with Crippen LogP contribution in [0.25, 0.3) is 0 Å². The maximum absolute atomic E-state index is 13.4. The Morgan fingerprint density at radius 3 is 2.60 bits per heavy atom. The Labute approximate surface area is 248 Å². The van der Waals surface area contributed by atoms with Crippen molar-refractivity contribution in [1.82, 2.24) is 9.80 Å². The predicted octanol–water partition coefficient (Wildman–Crippen LogP) is 4.71. The van der Waals surface area contributed by atoms with E-state index in [1.54, 1.807) is 19.1 Å². The normalized spacial score (nSPS) is 26.7. The molecule has 0 aromatic heterocycles. The number of ether oxygens (including phenoxy) is 3. The Bertz CT molecular complexity index is 1540. The number of benzene rings is 2. The summed E-state index contributed by atoms with van der Waals surface area (Å²) in [6.07, 6.45) is -1.60. The number of carbonyl (C=O) groups is 2. The third kappa shape index (κ3) is 4.84. The minimum Gasteiger partial charge on any atom is -0.493 e. The Kier molecular flexibility index (Phi) is 7.20. The lowest BCUT2D eigenvalue weighted by atomic mass is 9.51. The van der Waals surface area contributed by atoms with Gasteiger partial charge in [0, 0.05) is 42.5 Å². The molecule has 1 saturated heterocycles. The van der Waals surface area contributed by atoms with Crippen LogP contribution in [0.1, 0.15) is 48.4 Å². The van der Waals surface area contributed by atoms with E-state index in [2.05, 4.69) is 29.4 Å². The Morgan fingerprint density at radius 2 is 1.93 bits per heavy atom. The van der Waals surface area contributed by atoms with Crippen LogP contribution < -0.4 is 9.47 Å². The SMILES string of the molecule is C=C(CN1CC[C@]23c4c5ccc(OC)c4O[C@H]2[C@@H](N(C)C(=O)C#Cc2ccc(C(F)(F)F)cc2)CC[C@H]3[C@H]1C5)OC(C)=O. The molecule has 43 heavy (non-hydrogen) atoms. The van der Waals surface area contributed by atoms with E-state index in [9.17, 15) is 22.8 Å². The molecule has 2 aliphatic carbocycles. The third-order valence-electron chi connectivity index (χ3n) is 9.62. The van der Waals surface area contributed by atoms with Crippen LogP contribution in [0.4, 0.5) is 13.2 Å². The number of carbonyl (C=O) groups excluding carboxylic acids is 2. The fourth-order valence-corrected chi connectivity index (χ4v) is 7.91. The van der Waals surface area contributed by atoms with Crippen molar-refractivity contribution in [3.8, 4) is 23.3 Å². The number of nitrogens with zero attached hydrogens (tertiary/aromatic N) is 2. The topological polar surface area (TPSA) is 68.3 Å². The molecule has 2 aromatic carbocycles. The number of esters is 1. The second kappa shape index (κ2) is 10.6. The molecule has 2 fully saturated rings. The molecule has 2 aliphatic heterocycles. The van der Waals surface area contributed by atoms with Gasteiger partial charge in [-0.2, -0.15) is 13.2 Å². The molecular formula is C33H33F3N2O5. The van der Waals surface area contributed by atoms with Crippen molar-refractivity contribution < 1.29 is 37.0 Å². The average molecular weight is 595 g/mol. The van der Waals surface area contributed by atoms with Crippen LogP contribution in [-0.2, 0) is 32.3 Å². The number of hydrogen-bond donors (Lipinski definition) is 0. The predicted molar refractivity (Wildman–Crippen MR) is 151 cm³/mol. The molecule has 1 saturated carbocycles. The van der Waals surface area contributed by atoms with E-state index >= 15 is 0 Å². The molecule has 1 amide bonds. The average Bonchev–Trinajstić information content (AvgIpc) is 3.31. The second-order valence-corrected chi connectivity index (χ2v) is 11.8. The molecule has 226 valence electrons. The highest BCUT2D eigenvalue weighted by Gasteiger charge is 2.66. The van der Waals surface area contributed by atoms with Gasteiger partial charge in [0.05, 0.1) is 25.3 Å². The first kappa shape index (κ1) is 29.1. The van der Waals surface area contributed by atoms with E-state index in [0.29, 0.717) is 30.0 Å². The first-order chi connectivity index (χ1) is 20.4. The van der Waals surface area contributed by atoms with Gasteiger partial charge in [-0.1, -0.05) is 18.6 Å². The first-order valence-corrected chi connectivity index (χ1v) is 14.4. The van der Waals surface area contributed by atoms with Crippen molar-refractivity contribution in [2.45, 2.75) is 62.4 Å². The lowest BCUT2D eigenvalue weighted by Gasteiger charge is -2.60. The summed E-state index contributed by atoms with van der Waals surface area (Å²) in [5.74, 6) is 6.63. The lowest BCUT2D eigenvalue weighted by molar-refractivity contribution is -0.139. The van der Waals surface area contributed by atoms with Crippen molar-refractivity contribution >= 4 is 11.9 Å². The molecule has 2 heterocycles. The Balaban J connectivity index is 1.29. The summed E-state index contributed by atoms with van der Waals surface area (Å²) in [7, 11) is 3.34. The van der Waals surface area contributed by atoms with E-state index in [0.717, 1.165) is 43.7 Å². The molecule has 10 heteroatoms. The molecule has 0 N–H and O–H groups in total. The van der Waals surface area contributed by atoms with Gasteiger partial charge >= 0.3 is 12.1 Å². The van der Waals surface area contributed by atoms with Crippen LogP contribution in [0.3, 0.4) is 0 Å². The molecule has 2 bridgehead atoms. The van der Waals surface area contributed by atoms with Gasteiger partial charge in [0.1, 0.15) is 11.9 Å². The summed E-state index contributed by atoms with van der Waals surface area (Å²) in [6.45, 7) is 6.54. The van der Waals surface area contributed by atoms with Gasteiger partial charge < -0.3 is 19.1 Å². The summed E-state index contributed by atoms with van der Waals surface area (Å²) in [5.41, 5.74) is 1.60. The van der Waals surface area contributed by atoms with Gasteiger partial charge in [-0.15, -0.1) is 0 Å². The van der Waals surface area contributed by atoms with Crippen molar-refractivity contribution in [1.29, 1.82) is 0 Å². The summed E-state index contributed by atoms with van der Waals surface area (Å²) >= 11 is 0. The Morgan fingerprint density at radius 1 is 1.19 bits per heavy atom. The highest BCUT2D eigenvalue weighted by atomic mass is 19.4. The van der Waals surface area contributed by atoms with E-state index in [-0.39, 0.29) is 35.5 Å². The van der Waals surface area contributed by atoms with E-state index in [1.165, 1.54) is 30.2 Å². The van der Waals surface area contributed by atoms with E-state index in [4.69, 9.17) is 14.2 Å². The van der Waals surface area contributed by atoms with Gasteiger partial charge in [0.15, 0.2) is 11.5 Å². The summed E-state index contributed by atoms with van der Waals surface area (Å²) in [4.78, 5) is 28.9. The molecular weight excluding hydrogens is 561 g/mol. The van der Waals surface area contributed by atoms with Crippen molar-refractivity contribution in [2.24, 2.45) is 5.92 Å². The largest absolute Gasteiger partial charge is 0.493 e. The monoisotopic (exact) mass is 594 g/mol. The maximum Gasteiger partial charge on any atom is 0.416 e. The fourth-order valence-electron chi connectivity index (χ4n) is 7.91. The number of likely N-dealkylation sites (N-methyl/N-ethyl adjacent to an activating group) is 1. The zero-order valence-electron chi connectivity index (χ0n) is 24.3. The molecule has 0 radical (unpaired) electrons. The van der Waals surface area contributed by atoms with Crippen LogP contribution in [0.5, 0.6) is 11.5 Å². The third-order valence-corrected chi connectivity index (χ3v) is 9.62. The minimum absolute atomic E-state index is 0.181. The molecule has 4 aliphatic rings. The first-order valence-electron chi connectivity index (χ1n) is 14.4. The second-order valence-electron chi connectivity index (χ2n) is 11.8. The number of amides is 1. The van der Waals surface area contributed by atoms with E-state index in [1.807, 2.05) is 6.07 Å². The number of halogens is 3. The number of hydrogen-bond acceptors (Lipinski definition) is 6. The van der Waals surface area contributed by atoms with Gasteiger partial charge in [-0.25, -0.2) is 0 Å². The van der Waals surface area contributed by atoms with Crippen LogP contribution in [-0.4, -0.2) is 67.1 Å². The number of methoxy groups -OCH3 is 1. The number of piperidine rings is 1. The molecule has 7 nitrogen and oxygen atoms in total. The van der Waals surface area contributed by atoms with Gasteiger partial charge in [-0.05, 0) is 74.0 Å². The lowest BCUT2D eigenvalue weighted by Crippen LogP contribution is -2.69. The van der Waals surface area contributed by atoms with Crippen LogP contribution in [0.2, 0.25) is 0 Å². The van der Waals surface area contributed by atoms with Gasteiger partial charge in [0.25, 0.3) is 5.91 Å². The molecule has 6 rings (SSSR count). The fraction of sp³-hybridized carbons (Fsp3) is 0.455. The van der Waals surface area contributed by atoms with E-state index < -0.39 is 17.6 Å². The van der Waals surface area contributed by atoms with Crippen LogP contribution in [0, 0.1) is 17.8 Å². The van der Waals surface area contributed by atoms with Crippen molar-refractivity contribution in [3.05, 3.63) is 71.0 Å². The number of alkyl halides is 3. The maximum atomic E-state index is 13.4. The van der Waals surface area contributed by atoms with Gasteiger partial charge in [-0.3, -0.25) is 14.5 Å². The molecule has 0 unspecified atom stereocenters. The van der Waals surface area contributed by atoms with Crippen molar-refractivity contribution in [2.75, 3.05) is 27.2 Å². The minimum atomic E-state index is -4.44. The zero-order valence-corrected chi connectivity index (χ0v) is 24.3. The summed E-state index contributed by atoms with van der Waals surface area (Å²) < 4.78 is 56.6. The standard InChI is InChI=1S/C33H33F3N2O5/c1-19(42-20(2)39)18-38-16-15-32-24-11-12-25(31(32)43-30-27(41-4)13-8-22(29(30)32)17-26(24)38)37(3)28(40)14-7-21-5-9-23(10-6-21)33(34,35)36/h5-6,8-10,13,24-26,31H,1,11-12,15-18H2,2-4H3/t24-,25-,26+,31-,32-/m0/s1.